The van der Waals surface area contributed by atoms with E-state index in [1.54, 1.807) is 0 Å². The van der Waals surface area contributed by atoms with Crippen molar-refractivity contribution in [1.29, 1.82) is 0 Å². The second kappa shape index (κ2) is 6.29. The van der Waals surface area contributed by atoms with E-state index in [2.05, 4.69) is 83.1 Å². The Morgan fingerprint density at radius 1 is 0.781 bits per heavy atom. The average molecular weight is 419 g/mol. The molecule has 3 heteroatoms. The van der Waals surface area contributed by atoms with Gasteiger partial charge in [0.05, 0.1) is 0 Å². The summed E-state index contributed by atoms with van der Waals surface area (Å²) in [5.74, 6) is 0.827. The monoisotopic (exact) mass is 418 g/mol. The number of nitrogens with zero attached hydrogens (tertiary/aromatic N) is 2. The maximum Gasteiger partial charge on any atom is 0.180 e. The molecule has 2 heterocycles. The number of furan rings is 1. The third-order valence-electron chi connectivity index (χ3n) is 6.75. The molecule has 3 nitrogen and oxygen atoms in total. The van der Waals surface area contributed by atoms with E-state index in [1.165, 1.54) is 22.3 Å². The number of hydrogen-bond donors (Lipinski definition) is 0. The van der Waals surface area contributed by atoms with Gasteiger partial charge in [-0.2, -0.15) is 0 Å². The Bertz CT molecular complexity index is 1530. The maximum absolute atomic E-state index is 6.31. The van der Waals surface area contributed by atoms with Crippen LogP contribution in [0.25, 0.3) is 44.5 Å². The van der Waals surface area contributed by atoms with Crippen LogP contribution in [0.2, 0.25) is 0 Å². The highest BCUT2D eigenvalue weighted by atomic mass is 16.3. The summed E-state index contributed by atoms with van der Waals surface area (Å²) in [4.78, 5) is 10.00. The largest absolute Gasteiger partial charge is 0.452 e. The van der Waals surface area contributed by atoms with E-state index in [0.29, 0.717) is 0 Å². The van der Waals surface area contributed by atoms with Crippen molar-refractivity contribution in [3.63, 3.8) is 0 Å². The molecule has 2 aromatic heterocycles. The lowest BCUT2D eigenvalue weighted by molar-refractivity contribution is 0.547. The lowest BCUT2D eigenvalue weighted by Gasteiger charge is -2.21. The molecule has 0 aliphatic heterocycles. The quantitative estimate of drug-likeness (QED) is 0.281. The minimum Gasteiger partial charge on any atom is -0.452 e. The molecule has 5 aromatic rings. The van der Waals surface area contributed by atoms with Crippen LogP contribution in [0.4, 0.5) is 0 Å². The zero-order valence-corrected chi connectivity index (χ0v) is 19.2. The van der Waals surface area contributed by atoms with Crippen molar-refractivity contribution < 1.29 is 4.42 Å². The Balaban J connectivity index is 1.67. The van der Waals surface area contributed by atoms with Crippen LogP contribution in [0, 0.1) is 0 Å². The molecule has 0 fully saturated rings. The third kappa shape index (κ3) is 2.60. The van der Waals surface area contributed by atoms with Gasteiger partial charge in [-0.1, -0.05) is 83.1 Å². The van der Waals surface area contributed by atoms with Gasteiger partial charge in [0.1, 0.15) is 22.6 Å². The number of hydrogen-bond acceptors (Lipinski definition) is 3. The van der Waals surface area contributed by atoms with Crippen LogP contribution in [0.1, 0.15) is 51.6 Å². The zero-order chi connectivity index (χ0) is 22.3. The Labute approximate surface area is 188 Å². The molecular weight excluding hydrogens is 392 g/mol. The molecule has 1 aliphatic carbocycles. The SMILES string of the molecule is CC(C)(C)c1nc(-c2ccc3c(c2)-c2ccccc2C3(C)C)c2oc3ccccc3c2n1. The maximum atomic E-state index is 6.31. The van der Waals surface area contributed by atoms with E-state index in [-0.39, 0.29) is 10.8 Å². The summed E-state index contributed by atoms with van der Waals surface area (Å²) in [6.45, 7) is 11.1. The topological polar surface area (TPSA) is 38.9 Å². The van der Waals surface area contributed by atoms with Gasteiger partial charge in [-0.15, -0.1) is 0 Å². The summed E-state index contributed by atoms with van der Waals surface area (Å²) in [7, 11) is 0. The minimum absolute atomic E-state index is 0.0125. The molecule has 0 atom stereocenters. The molecule has 0 N–H and O–H groups in total. The van der Waals surface area contributed by atoms with Crippen LogP contribution < -0.4 is 0 Å². The van der Waals surface area contributed by atoms with Gasteiger partial charge in [0.25, 0.3) is 0 Å². The van der Waals surface area contributed by atoms with Gasteiger partial charge in [0.2, 0.25) is 0 Å². The minimum atomic E-state index is -0.174. The molecule has 0 spiro atoms. The van der Waals surface area contributed by atoms with Gasteiger partial charge < -0.3 is 4.42 Å². The molecule has 158 valence electrons. The van der Waals surface area contributed by atoms with Crippen LogP contribution in [0.3, 0.4) is 0 Å². The number of rotatable bonds is 1. The van der Waals surface area contributed by atoms with Crippen molar-refractivity contribution >= 4 is 22.1 Å². The second-order valence-corrected chi connectivity index (χ2v) is 10.4. The first kappa shape index (κ1) is 19.2. The van der Waals surface area contributed by atoms with Gasteiger partial charge in [0, 0.05) is 21.8 Å². The normalized spacial score (nSPS) is 14.7. The van der Waals surface area contributed by atoms with Gasteiger partial charge in [0.15, 0.2) is 5.58 Å². The summed E-state index contributed by atoms with van der Waals surface area (Å²) in [6, 6.07) is 23.6. The first-order valence-electron chi connectivity index (χ1n) is 11.2. The summed E-state index contributed by atoms with van der Waals surface area (Å²) in [5.41, 5.74) is 9.54. The first-order chi connectivity index (χ1) is 15.2. The Hall–Kier alpha value is -3.46. The van der Waals surface area contributed by atoms with Crippen molar-refractivity contribution in [3.8, 4) is 22.4 Å². The molecule has 0 saturated heterocycles. The summed E-state index contributed by atoms with van der Waals surface area (Å²) in [6.07, 6.45) is 0. The van der Waals surface area contributed by atoms with E-state index in [0.717, 1.165) is 39.2 Å². The molecule has 1 aliphatic rings. The molecule has 32 heavy (non-hydrogen) atoms. The van der Waals surface area contributed by atoms with Crippen LogP contribution in [0.5, 0.6) is 0 Å². The van der Waals surface area contributed by atoms with Crippen molar-refractivity contribution in [2.75, 3.05) is 0 Å². The van der Waals surface area contributed by atoms with Gasteiger partial charge in [-0.05, 0) is 40.5 Å². The first-order valence-corrected chi connectivity index (χ1v) is 11.2. The van der Waals surface area contributed by atoms with Crippen molar-refractivity contribution in [3.05, 3.63) is 83.7 Å². The summed E-state index contributed by atoms with van der Waals surface area (Å²) in [5, 5.41) is 1.03. The molecule has 0 saturated carbocycles. The van der Waals surface area contributed by atoms with E-state index in [9.17, 15) is 0 Å². The van der Waals surface area contributed by atoms with Crippen LogP contribution in [0.15, 0.2) is 71.1 Å². The fraction of sp³-hybridized carbons (Fsp3) is 0.241. The smallest absolute Gasteiger partial charge is 0.180 e. The fourth-order valence-corrected chi connectivity index (χ4v) is 4.99. The highest BCUT2D eigenvalue weighted by Gasteiger charge is 2.35. The third-order valence-corrected chi connectivity index (χ3v) is 6.75. The van der Waals surface area contributed by atoms with E-state index in [1.807, 2.05) is 18.2 Å². The van der Waals surface area contributed by atoms with Crippen molar-refractivity contribution in [1.82, 2.24) is 9.97 Å². The van der Waals surface area contributed by atoms with E-state index in [4.69, 9.17) is 14.4 Å². The fourth-order valence-electron chi connectivity index (χ4n) is 4.99. The number of benzene rings is 3. The van der Waals surface area contributed by atoms with Crippen molar-refractivity contribution in [2.45, 2.75) is 45.4 Å². The number of para-hydroxylation sites is 1. The highest BCUT2D eigenvalue weighted by molar-refractivity contribution is 6.06. The Morgan fingerprint density at radius 2 is 1.50 bits per heavy atom. The Kier molecular flexibility index (Phi) is 3.78. The van der Waals surface area contributed by atoms with E-state index >= 15 is 0 Å². The van der Waals surface area contributed by atoms with Crippen LogP contribution >= 0.6 is 0 Å². The van der Waals surface area contributed by atoms with Gasteiger partial charge in [-0.25, -0.2) is 9.97 Å². The number of aromatic nitrogens is 2. The van der Waals surface area contributed by atoms with Crippen LogP contribution in [-0.4, -0.2) is 9.97 Å². The zero-order valence-electron chi connectivity index (χ0n) is 19.2. The van der Waals surface area contributed by atoms with Crippen LogP contribution in [-0.2, 0) is 10.8 Å². The summed E-state index contributed by atoms with van der Waals surface area (Å²) < 4.78 is 6.31. The number of fused-ring (bicyclic) bond motifs is 6. The average Bonchev–Trinajstić information content (AvgIpc) is 3.26. The predicted octanol–water partition coefficient (Wildman–Crippen LogP) is 7.65. The van der Waals surface area contributed by atoms with Gasteiger partial charge in [-0.3, -0.25) is 0 Å². The molecule has 0 bridgehead atoms. The Morgan fingerprint density at radius 3 is 2.31 bits per heavy atom. The lowest BCUT2D eigenvalue weighted by Crippen LogP contribution is -2.16. The second-order valence-electron chi connectivity index (χ2n) is 10.4. The molecule has 0 radical (unpaired) electrons. The van der Waals surface area contributed by atoms with Crippen molar-refractivity contribution in [2.24, 2.45) is 0 Å². The molecule has 0 unspecified atom stereocenters. The lowest BCUT2D eigenvalue weighted by atomic mass is 9.82. The predicted molar refractivity (Wildman–Crippen MR) is 131 cm³/mol. The molecule has 3 aromatic carbocycles. The molecule has 6 rings (SSSR count). The van der Waals surface area contributed by atoms with Gasteiger partial charge >= 0.3 is 0 Å². The molecular formula is C29H26N2O. The van der Waals surface area contributed by atoms with E-state index < -0.39 is 0 Å². The standard InChI is InChI=1S/C29H26N2O/c1-28(2,3)27-30-24(26-25(31-27)19-11-7-9-13-23(19)32-26)17-14-15-22-20(16-17)18-10-6-8-12-21(18)29(22,4)5/h6-16H,1-5H3. The molecule has 0 amide bonds. The summed E-state index contributed by atoms with van der Waals surface area (Å²) >= 11 is 0. The highest BCUT2D eigenvalue weighted by Crippen LogP contribution is 2.49.